The number of anilines is 1. The maximum Gasteiger partial charge on any atom is 0.490 e. The van der Waals surface area contributed by atoms with Crippen LogP contribution < -0.4 is 4.90 Å². The Hall–Kier alpha value is -3.57. The van der Waals surface area contributed by atoms with Crippen molar-refractivity contribution in [3.63, 3.8) is 0 Å². The van der Waals surface area contributed by atoms with Gasteiger partial charge in [-0.1, -0.05) is 6.07 Å². The lowest BCUT2D eigenvalue weighted by Crippen LogP contribution is -2.47. The molecule has 0 aliphatic carbocycles. The molecule has 4 heterocycles. The maximum atomic E-state index is 13.4. The van der Waals surface area contributed by atoms with Crippen LogP contribution in [0.4, 0.5) is 19.0 Å². The van der Waals surface area contributed by atoms with Gasteiger partial charge in [-0.3, -0.25) is 9.59 Å². The number of furan rings is 1. The second-order valence-electron chi connectivity index (χ2n) is 9.17. The first-order valence-corrected chi connectivity index (χ1v) is 11.4. The second-order valence-corrected chi connectivity index (χ2v) is 9.17. The van der Waals surface area contributed by atoms with E-state index in [1.165, 1.54) is 0 Å². The van der Waals surface area contributed by atoms with Crippen LogP contribution in [0.2, 0.25) is 0 Å². The number of likely N-dealkylation sites (tertiary alicyclic amines) is 1. The van der Waals surface area contributed by atoms with Crippen molar-refractivity contribution in [1.82, 2.24) is 14.8 Å². The van der Waals surface area contributed by atoms with E-state index in [-0.39, 0.29) is 17.7 Å². The third-order valence-electron chi connectivity index (χ3n) is 6.61. The van der Waals surface area contributed by atoms with Gasteiger partial charge in [-0.15, -0.1) is 0 Å². The lowest BCUT2D eigenvalue weighted by molar-refractivity contribution is -0.192. The SMILES string of the molecule is Cc1occc1C(=O)N1CCC[C@]2(C(=O)N(C)C)CN(c3ccccn3)C[C@@H]2C1.O=C(O)C(F)(F)F. The van der Waals surface area contributed by atoms with E-state index in [2.05, 4.69) is 9.88 Å². The molecule has 9 nitrogen and oxygen atoms in total. The molecule has 2 amide bonds. The zero-order chi connectivity index (χ0) is 26.7. The molecule has 12 heteroatoms. The molecule has 2 saturated heterocycles. The van der Waals surface area contributed by atoms with Gasteiger partial charge in [0.2, 0.25) is 5.91 Å². The number of carbonyl (C=O) groups excluding carboxylic acids is 2. The van der Waals surface area contributed by atoms with Crippen LogP contribution in [-0.4, -0.2) is 84.1 Å². The number of hydrogen-bond acceptors (Lipinski definition) is 6. The highest BCUT2D eigenvalue weighted by Crippen LogP contribution is 2.45. The molecule has 0 spiro atoms. The summed E-state index contributed by atoms with van der Waals surface area (Å²) < 4.78 is 37.1. The molecular weight excluding hydrogens is 481 g/mol. The number of rotatable bonds is 3. The van der Waals surface area contributed by atoms with Gasteiger partial charge in [0.25, 0.3) is 5.91 Å². The Labute approximate surface area is 206 Å². The molecule has 36 heavy (non-hydrogen) atoms. The Bertz CT molecular complexity index is 1090. The monoisotopic (exact) mass is 510 g/mol. The van der Waals surface area contributed by atoms with Crippen LogP contribution in [0.3, 0.4) is 0 Å². The molecule has 0 saturated carbocycles. The lowest BCUT2D eigenvalue weighted by atomic mass is 9.74. The van der Waals surface area contributed by atoms with E-state index in [9.17, 15) is 22.8 Å². The minimum Gasteiger partial charge on any atom is -0.475 e. The van der Waals surface area contributed by atoms with Gasteiger partial charge in [-0.25, -0.2) is 9.78 Å². The Balaban J connectivity index is 0.000000454. The first-order valence-electron chi connectivity index (χ1n) is 11.4. The first-order chi connectivity index (χ1) is 16.9. The molecule has 2 aromatic rings. The van der Waals surface area contributed by atoms with Gasteiger partial charge in [0, 0.05) is 52.4 Å². The maximum absolute atomic E-state index is 13.4. The molecule has 196 valence electrons. The van der Waals surface area contributed by atoms with Gasteiger partial charge in [-0.2, -0.15) is 13.2 Å². The number of aryl methyl sites for hydroxylation is 1. The highest BCUT2D eigenvalue weighted by Gasteiger charge is 2.54. The van der Waals surface area contributed by atoms with Gasteiger partial charge in [-0.05, 0) is 38.0 Å². The highest BCUT2D eigenvalue weighted by molar-refractivity contribution is 5.95. The molecule has 2 fully saturated rings. The van der Waals surface area contributed by atoms with Crippen molar-refractivity contribution < 1.29 is 37.1 Å². The van der Waals surface area contributed by atoms with Crippen LogP contribution in [0.15, 0.2) is 41.1 Å². The van der Waals surface area contributed by atoms with Crippen LogP contribution in [-0.2, 0) is 9.59 Å². The third kappa shape index (κ3) is 5.63. The van der Waals surface area contributed by atoms with Gasteiger partial charge < -0.3 is 24.2 Å². The molecule has 2 aromatic heterocycles. The Morgan fingerprint density at radius 1 is 1.19 bits per heavy atom. The number of hydrogen-bond donors (Lipinski definition) is 1. The standard InChI is InChI=1S/C22H28N4O3.C2HF3O2/c1-16-18(8-12-29-16)20(27)25-11-6-9-22(21(28)24(2)3)15-26(14-17(22)13-25)19-7-4-5-10-23-19;3-2(4,5)1(6)7/h4-5,7-8,10,12,17H,6,9,11,13-15H2,1-3H3;(H,6,7)/t17-,22-;/m0./s1. The summed E-state index contributed by atoms with van der Waals surface area (Å²) in [7, 11) is 3.64. The second kappa shape index (κ2) is 10.6. The fraction of sp³-hybridized carbons (Fsp3) is 0.500. The number of aromatic nitrogens is 1. The number of halogens is 3. The fourth-order valence-corrected chi connectivity index (χ4v) is 4.90. The summed E-state index contributed by atoms with van der Waals surface area (Å²) in [5.41, 5.74) is 0.109. The van der Waals surface area contributed by atoms with E-state index in [1.54, 1.807) is 23.4 Å². The number of carboxylic acids is 1. The van der Waals surface area contributed by atoms with Crippen molar-refractivity contribution in [2.75, 3.05) is 45.2 Å². The van der Waals surface area contributed by atoms with E-state index in [4.69, 9.17) is 14.3 Å². The molecule has 0 radical (unpaired) electrons. The minimum absolute atomic E-state index is 0.0133. The fourth-order valence-electron chi connectivity index (χ4n) is 4.90. The summed E-state index contributed by atoms with van der Waals surface area (Å²) in [6.45, 7) is 4.38. The number of carboxylic acid groups (broad SMARTS) is 1. The largest absolute Gasteiger partial charge is 0.490 e. The van der Waals surface area contributed by atoms with Crippen molar-refractivity contribution in [2.24, 2.45) is 11.3 Å². The molecule has 2 aliphatic rings. The van der Waals surface area contributed by atoms with Crippen molar-refractivity contribution in [2.45, 2.75) is 25.9 Å². The Morgan fingerprint density at radius 3 is 2.42 bits per heavy atom. The van der Waals surface area contributed by atoms with Gasteiger partial charge in [0.15, 0.2) is 0 Å². The number of amides is 2. The number of alkyl halides is 3. The molecule has 0 bridgehead atoms. The molecule has 1 N–H and O–H groups in total. The molecule has 2 aliphatic heterocycles. The number of carbonyl (C=O) groups is 3. The van der Waals surface area contributed by atoms with E-state index >= 15 is 0 Å². The summed E-state index contributed by atoms with van der Waals surface area (Å²) in [6, 6.07) is 7.58. The summed E-state index contributed by atoms with van der Waals surface area (Å²) in [5, 5.41) is 7.12. The van der Waals surface area contributed by atoms with Crippen LogP contribution in [0.1, 0.15) is 29.0 Å². The minimum atomic E-state index is -5.08. The third-order valence-corrected chi connectivity index (χ3v) is 6.61. The van der Waals surface area contributed by atoms with E-state index < -0.39 is 17.6 Å². The topological polar surface area (TPSA) is 107 Å². The van der Waals surface area contributed by atoms with Crippen molar-refractivity contribution >= 4 is 23.6 Å². The molecule has 0 unspecified atom stereocenters. The number of aliphatic carboxylic acids is 1. The van der Waals surface area contributed by atoms with Crippen LogP contribution in [0.25, 0.3) is 0 Å². The van der Waals surface area contributed by atoms with E-state index in [0.29, 0.717) is 37.5 Å². The predicted molar refractivity (Wildman–Crippen MR) is 123 cm³/mol. The van der Waals surface area contributed by atoms with Crippen LogP contribution in [0, 0.1) is 18.3 Å². The Kier molecular flexibility index (Phi) is 7.95. The molecule has 2 atom stereocenters. The lowest BCUT2D eigenvalue weighted by Gasteiger charge is -2.34. The molecule has 0 aromatic carbocycles. The number of nitrogens with zero attached hydrogens (tertiary/aromatic N) is 4. The first kappa shape index (κ1) is 27.0. The van der Waals surface area contributed by atoms with E-state index in [1.807, 2.05) is 44.1 Å². The van der Waals surface area contributed by atoms with Crippen LogP contribution in [0.5, 0.6) is 0 Å². The van der Waals surface area contributed by atoms with Gasteiger partial charge in [0.05, 0.1) is 17.2 Å². The zero-order valence-corrected chi connectivity index (χ0v) is 20.3. The van der Waals surface area contributed by atoms with Gasteiger partial charge in [0.1, 0.15) is 11.6 Å². The predicted octanol–water partition coefficient (Wildman–Crippen LogP) is 3.06. The van der Waals surface area contributed by atoms with Crippen molar-refractivity contribution in [1.29, 1.82) is 0 Å². The molecule has 4 rings (SSSR count). The number of fused-ring (bicyclic) bond motifs is 1. The zero-order valence-electron chi connectivity index (χ0n) is 20.3. The highest BCUT2D eigenvalue weighted by atomic mass is 19.4. The normalized spacial score (nSPS) is 21.7. The summed E-state index contributed by atoms with van der Waals surface area (Å²) in [5.74, 6) is -1.05. The quantitative estimate of drug-likeness (QED) is 0.676. The smallest absolute Gasteiger partial charge is 0.475 e. The number of pyridine rings is 1. The summed E-state index contributed by atoms with van der Waals surface area (Å²) in [6.07, 6.45) is -0.180. The van der Waals surface area contributed by atoms with Crippen LogP contribution >= 0.6 is 0 Å². The van der Waals surface area contributed by atoms with Crippen molar-refractivity contribution in [3.05, 3.63) is 48.0 Å². The average molecular weight is 511 g/mol. The molecular formula is C24H29F3N4O5. The van der Waals surface area contributed by atoms with Gasteiger partial charge >= 0.3 is 12.1 Å². The van der Waals surface area contributed by atoms with E-state index in [0.717, 1.165) is 18.7 Å². The average Bonchev–Trinajstić information content (AvgIpc) is 3.37. The van der Waals surface area contributed by atoms with Crippen molar-refractivity contribution in [3.8, 4) is 0 Å². The summed E-state index contributed by atoms with van der Waals surface area (Å²) in [4.78, 5) is 45.7. The Morgan fingerprint density at radius 2 is 1.89 bits per heavy atom. The summed E-state index contributed by atoms with van der Waals surface area (Å²) >= 11 is 0.